The molecule has 4 heterocycles. The van der Waals surface area contributed by atoms with Crippen LogP contribution in [0.2, 0.25) is 0 Å². The summed E-state index contributed by atoms with van der Waals surface area (Å²) in [6, 6.07) is 11.2. The summed E-state index contributed by atoms with van der Waals surface area (Å²) < 4.78 is 27.5. The van der Waals surface area contributed by atoms with Gasteiger partial charge < -0.3 is 16.0 Å². The second kappa shape index (κ2) is 10.7. The fraction of sp³-hybridized carbons (Fsp3) is 0.423. The minimum Gasteiger partial charge on any atom is -0.339 e. The highest BCUT2D eigenvalue weighted by Crippen LogP contribution is 2.32. The molecule has 2 fully saturated rings. The zero-order valence-electron chi connectivity index (χ0n) is 21.7. The number of sulfonamides is 1. The summed E-state index contributed by atoms with van der Waals surface area (Å²) in [6.07, 6.45) is 6.57. The third-order valence-electron chi connectivity index (χ3n) is 7.45. The number of nitrogens with one attached hydrogen (secondary N) is 1. The number of carbonyl (C=O) groups is 1. The molecular weight excluding hydrogens is 518 g/mol. The summed E-state index contributed by atoms with van der Waals surface area (Å²) in [4.78, 5) is 23.5. The summed E-state index contributed by atoms with van der Waals surface area (Å²) in [6.45, 7) is 3.65. The number of nitrogens with two attached hydrogens (primary N) is 1. The smallest absolute Gasteiger partial charge is 0.253 e. The Kier molecular flexibility index (Phi) is 7.35. The van der Waals surface area contributed by atoms with Gasteiger partial charge in [-0.2, -0.15) is 14.7 Å². The molecule has 0 saturated carbocycles. The van der Waals surface area contributed by atoms with Crippen molar-refractivity contribution in [3.8, 4) is 17.3 Å². The third kappa shape index (κ3) is 5.36. The predicted octanol–water partition coefficient (Wildman–Crippen LogP) is 1.78. The zero-order chi connectivity index (χ0) is 27.6. The topological polar surface area (TPSA) is 163 Å². The third-order valence-corrected chi connectivity index (χ3v) is 9.23. The van der Waals surface area contributed by atoms with Crippen molar-refractivity contribution in [3.05, 3.63) is 54.5 Å². The largest absolute Gasteiger partial charge is 0.339 e. The Morgan fingerprint density at radius 3 is 2.56 bits per heavy atom. The van der Waals surface area contributed by atoms with Gasteiger partial charge in [-0.15, -0.1) is 0 Å². The highest BCUT2D eigenvalue weighted by molar-refractivity contribution is 7.89. The molecule has 204 valence electrons. The quantitative estimate of drug-likeness (QED) is 0.426. The average Bonchev–Trinajstić information content (AvgIpc) is 3.44. The second-order valence-electron chi connectivity index (χ2n) is 9.93. The SMILES string of the molecule is CCS(=O)(=O)N1CC(CN)(n2cc(-c3ccnc(Nc4ccc(C(=O)N5CCC(C#N)CC5)cc4)n3)cn2)C1. The van der Waals surface area contributed by atoms with Crippen molar-refractivity contribution in [1.29, 1.82) is 5.26 Å². The highest BCUT2D eigenvalue weighted by Gasteiger charge is 2.48. The monoisotopic (exact) mass is 549 g/mol. The lowest BCUT2D eigenvalue weighted by Crippen LogP contribution is -2.67. The molecule has 0 atom stereocenters. The minimum atomic E-state index is -3.27. The summed E-state index contributed by atoms with van der Waals surface area (Å²) in [5.74, 6) is 0.428. The van der Waals surface area contributed by atoms with Gasteiger partial charge in [-0.3, -0.25) is 9.48 Å². The molecule has 3 aromatic rings. The maximum absolute atomic E-state index is 12.8. The fourth-order valence-electron chi connectivity index (χ4n) is 4.87. The molecule has 39 heavy (non-hydrogen) atoms. The minimum absolute atomic E-state index is 0.0284. The average molecular weight is 550 g/mol. The number of amides is 1. The van der Waals surface area contributed by atoms with Gasteiger partial charge in [0.25, 0.3) is 5.91 Å². The number of anilines is 2. The normalized spacial score (nSPS) is 17.8. The van der Waals surface area contributed by atoms with Crippen molar-refractivity contribution in [2.24, 2.45) is 11.7 Å². The number of hydrogen-bond donors (Lipinski definition) is 2. The molecule has 2 aliphatic rings. The zero-order valence-corrected chi connectivity index (χ0v) is 22.5. The summed E-state index contributed by atoms with van der Waals surface area (Å²) in [7, 11) is -3.27. The summed E-state index contributed by atoms with van der Waals surface area (Å²) in [5.41, 5.74) is 8.18. The van der Waals surface area contributed by atoms with Crippen molar-refractivity contribution >= 4 is 27.6 Å². The first-order chi connectivity index (χ1) is 18.8. The van der Waals surface area contributed by atoms with Crippen LogP contribution in [0.4, 0.5) is 11.6 Å². The van der Waals surface area contributed by atoms with Crippen LogP contribution in [0.3, 0.4) is 0 Å². The van der Waals surface area contributed by atoms with Gasteiger partial charge in [0.1, 0.15) is 5.54 Å². The van der Waals surface area contributed by atoms with Crippen LogP contribution in [0.5, 0.6) is 0 Å². The van der Waals surface area contributed by atoms with Crippen LogP contribution in [0, 0.1) is 17.2 Å². The number of piperidine rings is 1. The van der Waals surface area contributed by atoms with E-state index >= 15 is 0 Å². The van der Waals surface area contributed by atoms with Crippen LogP contribution in [-0.4, -0.2) is 81.8 Å². The Hall–Kier alpha value is -3.86. The van der Waals surface area contributed by atoms with Crippen molar-refractivity contribution in [2.75, 3.05) is 43.8 Å². The van der Waals surface area contributed by atoms with Gasteiger partial charge in [0.2, 0.25) is 16.0 Å². The maximum Gasteiger partial charge on any atom is 0.253 e. The van der Waals surface area contributed by atoms with Gasteiger partial charge in [-0.1, -0.05) is 0 Å². The standard InChI is InChI=1S/C26H31N9O3S/c1-2-39(37,38)34-17-26(16-28,18-34)35-15-21(14-30-35)23-7-10-29-25(32-23)31-22-5-3-20(4-6-22)24(36)33-11-8-19(13-27)9-12-33/h3-7,10,14-15,19H,2,8-9,11-12,16-18,28H2,1H3,(H,29,31,32). The van der Waals surface area contributed by atoms with Gasteiger partial charge in [0, 0.05) is 67.8 Å². The Bertz CT molecular complexity index is 1480. The number of rotatable bonds is 8. The fourth-order valence-corrected chi connectivity index (χ4v) is 6.11. The van der Waals surface area contributed by atoms with E-state index in [1.165, 1.54) is 4.31 Å². The number of likely N-dealkylation sites (tertiary alicyclic amines) is 1. The van der Waals surface area contributed by atoms with Gasteiger partial charge in [-0.25, -0.2) is 18.4 Å². The van der Waals surface area contributed by atoms with E-state index < -0.39 is 15.6 Å². The number of carbonyl (C=O) groups excluding carboxylic acids is 1. The lowest BCUT2D eigenvalue weighted by atomic mass is 9.93. The van der Waals surface area contributed by atoms with Gasteiger partial charge in [0.05, 0.1) is 23.7 Å². The summed E-state index contributed by atoms with van der Waals surface area (Å²) >= 11 is 0. The van der Waals surface area contributed by atoms with E-state index in [4.69, 9.17) is 11.0 Å². The number of nitrogens with zero attached hydrogens (tertiary/aromatic N) is 7. The second-order valence-corrected chi connectivity index (χ2v) is 12.2. The van der Waals surface area contributed by atoms with Crippen LogP contribution < -0.4 is 11.1 Å². The molecule has 13 heteroatoms. The van der Waals surface area contributed by atoms with E-state index in [0.717, 1.165) is 11.3 Å². The van der Waals surface area contributed by atoms with E-state index in [9.17, 15) is 13.2 Å². The molecule has 2 aromatic heterocycles. The van der Waals surface area contributed by atoms with Crippen LogP contribution >= 0.6 is 0 Å². The van der Waals surface area contributed by atoms with E-state index in [2.05, 4.69) is 26.5 Å². The lowest BCUT2D eigenvalue weighted by Gasteiger charge is -2.48. The van der Waals surface area contributed by atoms with E-state index in [0.29, 0.717) is 43.1 Å². The number of benzene rings is 1. The molecule has 2 aliphatic heterocycles. The molecule has 1 aromatic carbocycles. The maximum atomic E-state index is 12.8. The van der Waals surface area contributed by atoms with E-state index in [1.807, 2.05) is 6.20 Å². The van der Waals surface area contributed by atoms with E-state index in [1.54, 1.807) is 59.2 Å². The molecule has 5 rings (SSSR count). The van der Waals surface area contributed by atoms with Gasteiger partial charge in [0.15, 0.2) is 0 Å². The Morgan fingerprint density at radius 2 is 1.92 bits per heavy atom. The van der Waals surface area contributed by atoms with Crippen LogP contribution in [-0.2, 0) is 15.6 Å². The Labute approximate surface area is 227 Å². The molecule has 0 spiro atoms. The molecule has 3 N–H and O–H groups in total. The number of hydrogen-bond acceptors (Lipinski definition) is 9. The van der Waals surface area contributed by atoms with Crippen molar-refractivity contribution < 1.29 is 13.2 Å². The van der Waals surface area contributed by atoms with Crippen molar-refractivity contribution in [3.63, 3.8) is 0 Å². The van der Waals surface area contributed by atoms with Crippen LogP contribution in [0.25, 0.3) is 11.3 Å². The van der Waals surface area contributed by atoms with Gasteiger partial charge >= 0.3 is 0 Å². The number of nitriles is 1. The van der Waals surface area contributed by atoms with Gasteiger partial charge in [-0.05, 0) is 50.1 Å². The van der Waals surface area contributed by atoms with Crippen molar-refractivity contribution in [1.82, 2.24) is 29.0 Å². The first-order valence-electron chi connectivity index (χ1n) is 12.9. The molecule has 2 saturated heterocycles. The molecule has 0 unspecified atom stereocenters. The first kappa shape index (κ1) is 26.7. The van der Waals surface area contributed by atoms with Crippen LogP contribution in [0.1, 0.15) is 30.1 Å². The molecule has 0 bridgehead atoms. The van der Waals surface area contributed by atoms with E-state index in [-0.39, 0.29) is 37.2 Å². The molecular formula is C26H31N9O3S. The number of aromatic nitrogens is 4. The molecule has 12 nitrogen and oxygen atoms in total. The molecule has 1 amide bonds. The summed E-state index contributed by atoms with van der Waals surface area (Å²) in [5, 5.41) is 16.7. The predicted molar refractivity (Wildman–Crippen MR) is 145 cm³/mol. The molecule has 0 radical (unpaired) electrons. The molecule has 0 aliphatic carbocycles. The Balaban J connectivity index is 1.24. The Morgan fingerprint density at radius 1 is 1.21 bits per heavy atom. The highest BCUT2D eigenvalue weighted by atomic mass is 32.2. The first-order valence-corrected chi connectivity index (χ1v) is 14.5. The lowest BCUT2D eigenvalue weighted by molar-refractivity contribution is 0.0707. The van der Waals surface area contributed by atoms with Crippen molar-refractivity contribution in [2.45, 2.75) is 25.3 Å². The van der Waals surface area contributed by atoms with Crippen LogP contribution in [0.15, 0.2) is 48.9 Å².